The Morgan fingerprint density at radius 1 is 1.15 bits per heavy atom. The number of pyridine rings is 1. The first-order valence-corrected chi connectivity index (χ1v) is 12.9. The van der Waals surface area contributed by atoms with Crippen molar-refractivity contribution < 1.29 is 31.9 Å². The number of carbonyl (C=O) groups excluding carboxylic acids is 3. The largest absolute Gasteiger partial charge is 0.416 e. The smallest absolute Gasteiger partial charge is 0.345 e. The third-order valence-corrected chi connectivity index (χ3v) is 8.04. The summed E-state index contributed by atoms with van der Waals surface area (Å²) >= 11 is 0. The van der Waals surface area contributed by atoms with Gasteiger partial charge in [-0.25, -0.2) is 4.39 Å². The Labute approximate surface area is 224 Å². The number of piperidine rings is 2. The van der Waals surface area contributed by atoms with E-state index in [2.05, 4.69) is 10.3 Å². The first-order valence-electron chi connectivity index (χ1n) is 12.9. The van der Waals surface area contributed by atoms with Gasteiger partial charge in [0.2, 0.25) is 11.8 Å². The minimum absolute atomic E-state index is 0.0466. The fraction of sp³-hybridized carbons (Fsp3) is 0.500. The number of aromatic nitrogens is 1. The summed E-state index contributed by atoms with van der Waals surface area (Å²) in [4.78, 5) is 46.6. The Balaban J connectivity index is 1.50. The van der Waals surface area contributed by atoms with E-state index < -0.39 is 46.9 Å². The minimum Gasteiger partial charge on any atom is -0.345 e. The van der Waals surface area contributed by atoms with Crippen molar-refractivity contribution in [3.63, 3.8) is 0 Å². The molecule has 210 valence electrons. The second-order valence-corrected chi connectivity index (χ2v) is 10.9. The Morgan fingerprint density at radius 3 is 2.44 bits per heavy atom. The molecule has 1 aromatic heterocycles. The van der Waals surface area contributed by atoms with Gasteiger partial charge in [0.25, 0.3) is 5.91 Å². The van der Waals surface area contributed by atoms with Gasteiger partial charge in [-0.3, -0.25) is 19.4 Å². The maximum atomic E-state index is 14.3. The van der Waals surface area contributed by atoms with Gasteiger partial charge in [-0.15, -0.1) is 0 Å². The van der Waals surface area contributed by atoms with Crippen LogP contribution in [0.15, 0.2) is 42.7 Å². The quantitative estimate of drug-likeness (QED) is 0.567. The van der Waals surface area contributed by atoms with Crippen molar-refractivity contribution in [2.45, 2.75) is 51.2 Å². The van der Waals surface area contributed by atoms with Crippen molar-refractivity contribution in [3.05, 3.63) is 65.2 Å². The molecule has 1 aromatic carbocycles. The third-order valence-electron chi connectivity index (χ3n) is 8.04. The summed E-state index contributed by atoms with van der Waals surface area (Å²) in [6.07, 6.45) is 0.246. The highest BCUT2D eigenvalue weighted by Gasteiger charge is 2.49. The van der Waals surface area contributed by atoms with Gasteiger partial charge in [0, 0.05) is 51.4 Å². The number of amides is 3. The number of benzene rings is 1. The van der Waals surface area contributed by atoms with Crippen molar-refractivity contribution in [3.8, 4) is 0 Å². The van der Waals surface area contributed by atoms with Gasteiger partial charge in [0.15, 0.2) is 0 Å². The Hall–Kier alpha value is -3.50. The lowest BCUT2D eigenvalue weighted by atomic mass is 9.62. The van der Waals surface area contributed by atoms with Crippen molar-refractivity contribution in [2.75, 3.05) is 26.7 Å². The van der Waals surface area contributed by atoms with Gasteiger partial charge < -0.3 is 15.1 Å². The van der Waals surface area contributed by atoms with E-state index in [-0.39, 0.29) is 17.2 Å². The molecule has 2 aromatic rings. The highest BCUT2D eigenvalue weighted by atomic mass is 19.4. The summed E-state index contributed by atoms with van der Waals surface area (Å²) in [6, 6.07) is 4.41. The molecule has 2 fully saturated rings. The van der Waals surface area contributed by atoms with Gasteiger partial charge in [0.05, 0.1) is 11.1 Å². The van der Waals surface area contributed by atoms with Crippen LogP contribution in [0.5, 0.6) is 0 Å². The first kappa shape index (κ1) is 28.5. The summed E-state index contributed by atoms with van der Waals surface area (Å²) < 4.78 is 53.6. The van der Waals surface area contributed by atoms with Gasteiger partial charge in [-0.05, 0) is 54.0 Å². The summed E-state index contributed by atoms with van der Waals surface area (Å²) in [6.45, 7) is 4.65. The lowest BCUT2D eigenvalue weighted by molar-refractivity contribution is -0.143. The number of hydrogen-bond donors (Lipinski definition) is 1. The lowest BCUT2D eigenvalue weighted by Gasteiger charge is -2.51. The van der Waals surface area contributed by atoms with Gasteiger partial charge in [-0.1, -0.05) is 19.9 Å². The molecule has 39 heavy (non-hydrogen) atoms. The van der Waals surface area contributed by atoms with Crippen molar-refractivity contribution in [1.29, 1.82) is 0 Å². The molecule has 0 bridgehead atoms. The Kier molecular flexibility index (Phi) is 7.99. The summed E-state index contributed by atoms with van der Waals surface area (Å²) in [7, 11) is 1.78. The fourth-order valence-corrected chi connectivity index (χ4v) is 5.67. The van der Waals surface area contributed by atoms with Crippen LogP contribution in [0, 0.1) is 17.2 Å². The minimum atomic E-state index is -4.75. The van der Waals surface area contributed by atoms with Crippen LogP contribution < -0.4 is 5.32 Å². The maximum absolute atomic E-state index is 14.3. The fourth-order valence-electron chi connectivity index (χ4n) is 5.67. The number of rotatable bonds is 5. The molecule has 3 heterocycles. The van der Waals surface area contributed by atoms with Crippen LogP contribution in [0.1, 0.15) is 60.5 Å². The van der Waals surface area contributed by atoms with Gasteiger partial charge >= 0.3 is 6.18 Å². The van der Waals surface area contributed by atoms with Crippen molar-refractivity contribution in [2.24, 2.45) is 11.3 Å². The number of likely N-dealkylation sites (tertiary alicyclic amines) is 2. The number of carbonyl (C=O) groups is 3. The molecule has 1 N–H and O–H groups in total. The maximum Gasteiger partial charge on any atom is 0.416 e. The Bertz CT molecular complexity index is 1230. The number of hydrogen-bond acceptors (Lipinski definition) is 4. The van der Waals surface area contributed by atoms with E-state index in [0.29, 0.717) is 57.1 Å². The zero-order valence-corrected chi connectivity index (χ0v) is 22.1. The molecule has 4 rings (SSSR count). The normalized spacial score (nSPS) is 20.3. The first-order chi connectivity index (χ1) is 18.3. The third kappa shape index (κ3) is 5.91. The van der Waals surface area contributed by atoms with Gasteiger partial charge in [-0.2, -0.15) is 13.2 Å². The SMILES string of the molecule is CC(C)[C@@H](NC(=O)c1cc(C(F)(F)F)ccc1F)C(=O)N1CCC2(CC1)CC(=O)N(C)CC2c1cccnc1. The molecule has 3 amide bonds. The van der Waals surface area contributed by atoms with E-state index in [1.807, 2.05) is 18.3 Å². The van der Waals surface area contributed by atoms with Crippen LogP contribution >= 0.6 is 0 Å². The lowest BCUT2D eigenvalue weighted by Crippen LogP contribution is -2.57. The van der Waals surface area contributed by atoms with E-state index in [0.717, 1.165) is 5.56 Å². The molecule has 11 heteroatoms. The zero-order valence-electron chi connectivity index (χ0n) is 22.1. The summed E-state index contributed by atoms with van der Waals surface area (Å²) in [5.74, 6) is -2.89. The predicted octanol–water partition coefficient (Wildman–Crippen LogP) is 4.25. The average molecular weight is 549 g/mol. The van der Waals surface area contributed by atoms with Crippen LogP contribution in [0.3, 0.4) is 0 Å². The van der Waals surface area contributed by atoms with Gasteiger partial charge in [0.1, 0.15) is 11.9 Å². The molecule has 7 nitrogen and oxygen atoms in total. The molecule has 2 saturated heterocycles. The second-order valence-electron chi connectivity index (χ2n) is 10.9. The molecule has 2 aliphatic rings. The highest BCUT2D eigenvalue weighted by Crippen LogP contribution is 2.50. The van der Waals surface area contributed by atoms with Crippen LogP contribution in [0.4, 0.5) is 17.6 Å². The number of halogens is 4. The van der Waals surface area contributed by atoms with E-state index in [1.165, 1.54) is 0 Å². The van der Waals surface area contributed by atoms with Crippen molar-refractivity contribution >= 4 is 17.7 Å². The zero-order chi connectivity index (χ0) is 28.5. The molecular weight excluding hydrogens is 516 g/mol. The topological polar surface area (TPSA) is 82.6 Å². The molecule has 1 spiro atoms. The van der Waals surface area contributed by atoms with Crippen LogP contribution in [-0.4, -0.2) is 65.2 Å². The summed E-state index contributed by atoms with van der Waals surface area (Å²) in [5, 5.41) is 2.46. The molecule has 2 atom stereocenters. The number of nitrogens with one attached hydrogen (secondary N) is 1. The predicted molar refractivity (Wildman–Crippen MR) is 135 cm³/mol. The molecule has 0 saturated carbocycles. The van der Waals surface area contributed by atoms with E-state index in [1.54, 1.807) is 36.9 Å². The number of alkyl halides is 3. The molecule has 0 radical (unpaired) electrons. The molecule has 1 unspecified atom stereocenters. The average Bonchev–Trinajstić information content (AvgIpc) is 2.89. The molecular formula is C28H32F4N4O3. The summed E-state index contributed by atoms with van der Waals surface area (Å²) in [5.41, 5.74) is -1.24. The number of nitrogens with zero attached hydrogens (tertiary/aromatic N) is 3. The van der Waals surface area contributed by atoms with Crippen molar-refractivity contribution in [1.82, 2.24) is 20.1 Å². The van der Waals surface area contributed by atoms with Crippen LogP contribution in [0.2, 0.25) is 0 Å². The molecule has 2 aliphatic heterocycles. The van der Waals surface area contributed by atoms with E-state index in [9.17, 15) is 31.9 Å². The van der Waals surface area contributed by atoms with E-state index in [4.69, 9.17) is 0 Å². The van der Waals surface area contributed by atoms with E-state index >= 15 is 0 Å². The Morgan fingerprint density at radius 2 is 1.85 bits per heavy atom. The van der Waals surface area contributed by atoms with Crippen LogP contribution in [-0.2, 0) is 15.8 Å². The standard InChI is InChI=1S/C28H32F4N4O3/c1-17(2)24(34-25(38)20-13-19(28(30,31)32)6-7-22(20)29)26(39)36-11-8-27(9-12-36)14-23(37)35(3)16-21(27)18-5-4-10-33-15-18/h4-7,10,13,15,17,21,24H,8-9,11-12,14,16H2,1-3H3,(H,34,38)/t21?,24-/m1/s1. The number of likely N-dealkylation sites (N-methyl/N-ethyl adjacent to an activating group) is 1. The second kappa shape index (κ2) is 10.9. The molecule has 0 aliphatic carbocycles. The monoisotopic (exact) mass is 548 g/mol. The van der Waals surface area contributed by atoms with Crippen LogP contribution in [0.25, 0.3) is 0 Å². The highest BCUT2D eigenvalue weighted by molar-refractivity contribution is 5.98.